The second-order valence-corrected chi connectivity index (χ2v) is 6.14. The molecule has 0 aromatic carbocycles. The molecule has 0 spiro atoms. The number of hydrogen-bond donors (Lipinski definition) is 4. The molecule has 0 heterocycles. The maximum atomic E-state index is 11.8. The standard InChI is InChI=1S/C16H28N2O7/c1-10(2)14(15(22)23)25-16(24)11(17)7-8-12(19)18-9-5-3-4-6-13(20)21/h10-11,14H,3-9,17H2,1-2H3,(H,18,19)(H,20,21)(H,22,23)/t11-,14+/m1/s1. The van der Waals surface area contributed by atoms with Crippen molar-refractivity contribution in [1.82, 2.24) is 5.32 Å². The highest BCUT2D eigenvalue weighted by atomic mass is 16.6. The fourth-order valence-corrected chi connectivity index (χ4v) is 1.98. The number of unbranched alkanes of at least 4 members (excludes halogenated alkanes) is 2. The third-order valence-electron chi connectivity index (χ3n) is 3.47. The molecule has 0 aromatic heterocycles. The average Bonchev–Trinajstić information content (AvgIpc) is 2.52. The number of ether oxygens (including phenoxy) is 1. The van der Waals surface area contributed by atoms with Crippen molar-refractivity contribution in [2.45, 2.75) is 64.5 Å². The molecule has 0 unspecified atom stereocenters. The smallest absolute Gasteiger partial charge is 0.345 e. The maximum Gasteiger partial charge on any atom is 0.345 e. The summed E-state index contributed by atoms with van der Waals surface area (Å²) in [7, 11) is 0. The van der Waals surface area contributed by atoms with E-state index in [1.807, 2.05) is 0 Å². The minimum absolute atomic E-state index is 0.0187. The Morgan fingerprint density at radius 1 is 1.04 bits per heavy atom. The number of carbonyl (C=O) groups excluding carboxylic acids is 2. The van der Waals surface area contributed by atoms with E-state index >= 15 is 0 Å². The van der Waals surface area contributed by atoms with Gasteiger partial charge in [0.1, 0.15) is 6.04 Å². The Morgan fingerprint density at radius 2 is 1.68 bits per heavy atom. The lowest BCUT2D eigenvalue weighted by Gasteiger charge is -2.19. The van der Waals surface area contributed by atoms with Gasteiger partial charge in [0.25, 0.3) is 0 Å². The Labute approximate surface area is 146 Å². The van der Waals surface area contributed by atoms with Gasteiger partial charge in [0.2, 0.25) is 12.0 Å². The highest BCUT2D eigenvalue weighted by Crippen LogP contribution is 2.09. The third-order valence-corrected chi connectivity index (χ3v) is 3.47. The van der Waals surface area contributed by atoms with Gasteiger partial charge in [0, 0.05) is 25.3 Å². The molecule has 9 heteroatoms. The van der Waals surface area contributed by atoms with E-state index < -0.39 is 36.0 Å². The van der Waals surface area contributed by atoms with Crippen molar-refractivity contribution in [3.05, 3.63) is 0 Å². The first kappa shape index (κ1) is 22.8. The fourth-order valence-electron chi connectivity index (χ4n) is 1.98. The van der Waals surface area contributed by atoms with E-state index in [-0.39, 0.29) is 25.2 Å². The maximum absolute atomic E-state index is 11.8. The predicted octanol–water partition coefficient (Wildman–Crippen LogP) is 0.508. The highest BCUT2D eigenvalue weighted by molar-refractivity contribution is 5.82. The summed E-state index contributed by atoms with van der Waals surface area (Å²) in [6, 6.07) is -1.07. The van der Waals surface area contributed by atoms with Crippen molar-refractivity contribution in [3.63, 3.8) is 0 Å². The number of esters is 1. The lowest BCUT2D eigenvalue weighted by atomic mass is 10.1. The van der Waals surface area contributed by atoms with E-state index in [0.717, 1.165) is 0 Å². The summed E-state index contributed by atoms with van der Waals surface area (Å²) in [6.45, 7) is 3.65. The average molecular weight is 360 g/mol. The van der Waals surface area contributed by atoms with Crippen LogP contribution in [0.25, 0.3) is 0 Å². The van der Waals surface area contributed by atoms with Crippen LogP contribution >= 0.6 is 0 Å². The molecule has 0 aliphatic heterocycles. The van der Waals surface area contributed by atoms with Crippen LogP contribution in [0.2, 0.25) is 0 Å². The Balaban J connectivity index is 3.97. The van der Waals surface area contributed by atoms with Crippen LogP contribution in [0.15, 0.2) is 0 Å². The van der Waals surface area contributed by atoms with Crippen LogP contribution in [-0.4, -0.2) is 52.7 Å². The van der Waals surface area contributed by atoms with Gasteiger partial charge in [-0.1, -0.05) is 20.3 Å². The van der Waals surface area contributed by atoms with Gasteiger partial charge in [-0.05, 0) is 19.3 Å². The number of carboxylic acid groups (broad SMARTS) is 2. The topological polar surface area (TPSA) is 156 Å². The number of nitrogens with one attached hydrogen (secondary N) is 1. The van der Waals surface area contributed by atoms with Gasteiger partial charge in [-0.15, -0.1) is 0 Å². The second kappa shape index (κ2) is 12.2. The van der Waals surface area contributed by atoms with Crippen LogP contribution < -0.4 is 11.1 Å². The van der Waals surface area contributed by atoms with Gasteiger partial charge in [-0.2, -0.15) is 0 Å². The second-order valence-electron chi connectivity index (χ2n) is 6.14. The van der Waals surface area contributed by atoms with Gasteiger partial charge in [-0.25, -0.2) is 4.79 Å². The molecule has 25 heavy (non-hydrogen) atoms. The molecule has 0 aliphatic carbocycles. The molecule has 0 radical (unpaired) electrons. The molecule has 0 rings (SSSR count). The SMILES string of the molecule is CC(C)[C@H](OC(=O)[C@H](N)CCC(=O)NCCCCCC(=O)O)C(=O)O. The molecule has 0 saturated carbocycles. The molecule has 0 bridgehead atoms. The summed E-state index contributed by atoms with van der Waals surface area (Å²) in [5, 5.41) is 20.1. The number of carbonyl (C=O) groups is 4. The van der Waals surface area contributed by atoms with E-state index in [0.29, 0.717) is 25.8 Å². The first-order valence-corrected chi connectivity index (χ1v) is 8.32. The highest BCUT2D eigenvalue weighted by Gasteiger charge is 2.28. The first-order chi connectivity index (χ1) is 11.6. The number of carboxylic acids is 2. The van der Waals surface area contributed by atoms with Crippen molar-refractivity contribution in [1.29, 1.82) is 0 Å². The summed E-state index contributed by atoms with van der Waals surface area (Å²) in [5.41, 5.74) is 5.63. The molecule has 5 N–H and O–H groups in total. The quantitative estimate of drug-likeness (QED) is 0.273. The summed E-state index contributed by atoms with van der Waals surface area (Å²) >= 11 is 0. The molecule has 2 atom stereocenters. The largest absolute Gasteiger partial charge is 0.481 e. The zero-order chi connectivity index (χ0) is 19.4. The Bertz CT molecular complexity index is 465. The van der Waals surface area contributed by atoms with Crippen molar-refractivity contribution in [2.24, 2.45) is 11.7 Å². The van der Waals surface area contributed by atoms with Gasteiger partial charge in [0.05, 0.1) is 0 Å². The molecular weight excluding hydrogens is 332 g/mol. The summed E-state index contributed by atoms with van der Waals surface area (Å²) in [6.07, 6.45) is 0.838. The van der Waals surface area contributed by atoms with E-state index in [1.54, 1.807) is 13.8 Å². The van der Waals surface area contributed by atoms with Gasteiger partial charge >= 0.3 is 17.9 Å². The number of nitrogens with two attached hydrogens (primary N) is 1. The Kier molecular flexibility index (Phi) is 11.2. The predicted molar refractivity (Wildman–Crippen MR) is 88.7 cm³/mol. The van der Waals surface area contributed by atoms with Crippen molar-refractivity contribution in [3.8, 4) is 0 Å². The van der Waals surface area contributed by atoms with Gasteiger partial charge in [0.15, 0.2) is 0 Å². The molecule has 0 fully saturated rings. The van der Waals surface area contributed by atoms with E-state index in [1.165, 1.54) is 0 Å². The molecule has 0 aromatic rings. The molecule has 0 saturated heterocycles. The zero-order valence-corrected chi connectivity index (χ0v) is 14.7. The summed E-state index contributed by atoms with van der Waals surface area (Å²) in [4.78, 5) is 44.7. The van der Waals surface area contributed by atoms with E-state index in [2.05, 4.69) is 5.32 Å². The van der Waals surface area contributed by atoms with Crippen molar-refractivity contribution >= 4 is 23.8 Å². The normalized spacial score (nSPS) is 13.1. The van der Waals surface area contributed by atoms with E-state index in [4.69, 9.17) is 20.7 Å². The Morgan fingerprint density at radius 3 is 2.20 bits per heavy atom. The van der Waals surface area contributed by atoms with Crippen molar-refractivity contribution in [2.75, 3.05) is 6.54 Å². The molecule has 9 nitrogen and oxygen atoms in total. The molecular formula is C16H28N2O7. The van der Waals surface area contributed by atoms with Crippen molar-refractivity contribution < 1.29 is 34.1 Å². The third kappa shape index (κ3) is 11.1. The van der Waals surface area contributed by atoms with E-state index in [9.17, 15) is 19.2 Å². The van der Waals surface area contributed by atoms with Crippen LogP contribution in [0.1, 0.15) is 52.4 Å². The first-order valence-electron chi connectivity index (χ1n) is 8.32. The van der Waals surface area contributed by atoms with Crippen LogP contribution in [0.4, 0.5) is 0 Å². The number of hydrogen-bond acceptors (Lipinski definition) is 6. The molecule has 1 amide bonds. The number of aliphatic carboxylic acids is 2. The van der Waals surface area contributed by atoms with Gasteiger partial charge in [-0.3, -0.25) is 14.4 Å². The molecule has 144 valence electrons. The van der Waals surface area contributed by atoms with Crippen LogP contribution in [0.3, 0.4) is 0 Å². The minimum Gasteiger partial charge on any atom is -0.481 e. The van der Waals surface area contributed by atoms with Gasteiger partial charge < -0.3 is 26.0 Å². The fraction of sp³-hybridized carbons (Fsp3) is 0.750. The monoisotopic (exact) mass is 360 g/mol. The lowest BCUT2D eigenvalue weighted by molar-refractivity contribution is -0.168. The number of rotatable bonds is 13. The van der Waals surface area contributed by atoms with Crippen LogP contribution in [0.5, 0.6) is 0 Å². The zero-order valence-electron chi connectivity index (χ0n) is 14.7. The lowest BCUT2D eigenvalue weighted by Crippen LogP contribution is -2.40. The summed E-state index contributed by atoms with van der Waals surface area (Å²) in [5.74, 6) is -3.59. The minimum atomic E-state index is -1.27. The molecule has 0 aliphatic rings. The Hall–Kier alpha value is -2.16. The van der Waals surface area contributed by atoms with Crippen LogP contribution in [0, 0.1) is 5.92 Å². The number of amides is 1. The van der Waals surface area contributed by atoms with Crippen LogP contribution in [-0.2, 0) is 23.9 Å². The summed E-state index contributed by atoms with van der Waals surface area (Å²) < 4.78 is 4.87.